The molecule has 0 amide bonds. The number of hydrogen-bond acceptors (Lipinski definition) is 7. The zero-order chi connectivity index (χ0) is 14.7. The highest BCUT2D eigenvalue weighted by Crippen LogP contribution is 2.43. The molecule has 8 heteroatoms. The lowest BCUT2D eigenvalue weighted by atomic mass is 10.1. The molecule has 2 rings (SSSR count). The third kappa shape index (κ3) is 3.85. The highest BCUT2D eigenvalue weighted by atomic mass is 35.5. The third-order valence-corrected chi connectivity index (χ3v) is 6.77. The number of rotatable bonds is 6. The fourth-order valence-electron chi connectivity index (χ4n) is 1.59. The van der Waals surface area contributed by atoms with Gasteiger partial charge in [-0.3, -0.25) is 0 Å². The molecule has 2 aromatic rings. The number of thiophene rings is 1. The van der Waals surface area contributed by atoms with Crippen molar-refractivity contribution in [3.8, 4) is 0 Å². The molecule has 0 saturated carbocycles. The summed E-state index contributed by atoms with van der Waals surface area (Å²) in [5.41, 5.74) is 6.26. The molecule has 2 N–H and O–H groups in total. The van der Waals surface area contributed by atoms with Gasteiger partial charge in [0.25, 0.3) is 0 Å². The van der Waals surface area contributed by atoms with Crippen LogP contribution in [0.5, 0.6) is 0 Å². The minimum atomic E-state index is 0.0708. The summed E-state index contributed by atoms with van der Waals surface area (Å²) in [5.74, 6) is 0. The molecular formula is C12H17ClN4S3. The first-order valence-corrected chi connectivity index (χ1v) is 9.08. The Kier molecular flexibility index (Phi) is 5.68. The Morgan fingerprint density at radius 2 is 2.10 bits per heavy atom. The average molecular weight is 349 g/mol. The first-order valence-electron chi connectivity index (χ1n) is 6.19. The van der Waals surface area contributed by atoms with Crippen LogP contribution in [0.2, 0.25) is 4.34 Å². The van der Waals surface area contributed by atoms with Crippen LogP contribution in [0.3, 0.4) is 0 Å². The van der Waals surface area contributed by atoms with Crippen molar-refractivity contribution < 1.29 is 0 Å². The van der Waals surface area contributed by atoms with Crippen molar-refractivity contribution in [3.05, 3.63) is 21.3 Å². The third-order valence-electron chi connectivity index (χ3n) is 2.74. The molecular weight excluding hydrogens is 332 g/mol. The molecule has 0 aliphatic heterocycles. The average Bonchev–Trinajstić information content (AvgIpc) is 3.04. The van der Waals surface area contributed by atoms with E-state index in [0.29, 0.717) is 0 Å². The topological polar surface area (TPSA) is 55.0 Å². The van der Waals surface area contributed by atoms with Crippen LogP contribution in [0.15, 0.2) is 16.5 Å². The monoisotopic (exact) mass is 348 g/mol. The number of anilines is 1. The van der Waals surface area contributed by atoms with Crippen LogP contribution in [0.25, 0.3) is 0 Å². The Hall–Kier alpha value is -0.340. The fourth-order valence-corrected chi connectivity index (χ4v) is 5.09. The number of thioether (sulfide) groups is 1. The van der Waals surface area contributed by atoms with Crippen LogP contribution in [-0.4, -0.2) is 30.3 Å². The summed E-state index contributed by atoms with van der Waals surface area (Å²) in [4.78, 5) is 3.15. The molecule has 0 aliphatic carbocycles. The summed E-state index contributed by atoms with van der Waals surface area (Å²) >= 11 is 10.9. The molecule has 2 atom stereocenters. The molecule has 0 aliphatic rings. The van der Waals surface area contributed by atoms with Crippen molar-refractivity contribution in [2.24, 2.45) is 5.73 Å². The summed E-state index contributed by atoms with van der Waals surface area (Å²) < 4.78 is 1.73. The summed E-state index contributed by atoms with van der Waals surface area (Å²) in [6, 6.07) is 4.04. The lowest BCUT2D eigenvalue weighted by molar-refractivity contribution is 0.639. The van der Waals surface area contributed by atoms with Gasteiger partial charge < -0.3 is 10.6 Å². The summed E-state index contributed by atoms with van der Waals surface area (Å²) in [7, 11) is 3.92. The molecule has 0 saturated heterocycles. The molecule has 0 fully saturated rings. The quantitative estimate of drug-likeness (QED) is 0.802. The van der Waals surface area contributed by atoms with E-state index in [-0.39, 0.29) is 11.3 Å². The molecule has 2 unspecified atom stereocenters. The molecule has 0 spiro atoms. The van der Waals surface area contributed by atoms with Crippen molar-refractivity contribution >= 4 is 51.2 Å². The highest BCUT2D eigenvalue weighted by molar-refractivity contribution is 8.01. The maximum atomic E-state index is 6.26. The summed E-state index contributed by atoms with van der Waals surface area (Å²) in [6.45, 7) is 2.10. The van der Waals surface area contributed by atoms with Gasteiger partial charge in [0, 0.05) is 25.0 Å². The van der Waals surface area contributed by atoms with Crippen LogP contribution in [0.4, 0.5) is 5.13 Å². The smallest absolute Gasteiger partial charge is 0.208 e. The van der Waals surface area contributed by atoms with Crippen LogP contribution in [0, 0.1) is 0 Å². The van der Waals surface area contributed by atoms with E-state index < -0.39 is 0 Å². The predicted octanol–water partition coefficient (Wildman–Crippen LogP) is 3.89. The van der Waals surface area contributed by atoms with E-state index in [9.17, 15) is 0 Å². The first-order chi connectivity index (χ1) is 9.51. The first kappa shape index (κ1) is 16.0. The van der Waals surface area contributed by atoms with Gasteiger partial charge in [-0.1, -0.05) is 41.6 Å². The van der Waals surface area contributed by atoms with E-state index in [4.69, 9.17) is 17.3 Å². The Labute approximate surface area is 136 Å². The fraction of sp³-hybridized carbons (Fsp3) is 0.500. The zero-order valence-corrected chi connectivity index (χ0v) is 14.7. The van der Waals surface area contributed by atoms with Gasteiger partial charge in [-0.15, -0.1) is 21.5 Å². The molecule has 110 valence electrons. The molecule has 2 heterocycles. The maximum absolute atomic E-state index is 6.26. The second kappa shape index (κ2) is 7.09. The lowest BCUT2D eigenvalue weighted by Crippen LogP contribution is -2.25. The summed E-state index contributed by atoms with van der Waals surface area (Å²) in [5, 5.41) is 9.47. The standard InChI is InChI=1S/C12H17ClN4S3/c1-4-7(14)10(8-5-6-9(13)18-8)19-12-16-15-11(20-12)17(2)3/h5-7,10H,4,14H2,1-3H3. The van der Waals surface area contributed by atoms with Crippen LogP contribution in [0.1, 0.15) is 23.5 Å². The van der Waals surface area contributed by atoms with Gasteiger partial charge in [-0.05, 0) is 18.6 Å². The minimum absolute atomic E-state index is 0.0708. The van der Waals surface area contributed by atoms with Crippen LogP contribution in [-0.2, 0) is 0 Å². The minimum Gasteiger partial charge on any atom is -0.353 e. The highest BCUT2D eigenvalue weighted by Gasteiger charge is 2.23. The molecule has 0 aromatic carbocycles. The Bertz CT molecular complexity index is 554. The normalized spacial score (nSPS) is 14.2. The van der Waals surface area contributed by atoms with E-state index in [1.165, 1.54) is 4.88 Å². The second-order valence-corrected chi connectivity index (χ2v) is 8.59. The second-order valence-electron chi connectivity index (χ2n) is 4.50. The van der Waals surface area contributed by atoms with E-state index >= 15 is 0 Å². The Morgan fingerprint density at radius 3 is 2.60 bits per heavy atom. The molecule has 0 radical (unpaired) electrons. The number of halogens is 1. The number of aromatic nitrogens is 2. The van der Waals surface area contributed by atoms with Gasteiger partial charge in [-0.2, -0.15) is 0 Å². The van der Waals surface area contributed by atoms with E-state index in [2.05, 4.69) is 17.1 Å². The molecule has 0 bridgehead atoms. The van der Waals surface area contributed by atoms with Gasteiger partial charge >= 0.3 is 0 Å². The van der Waals surface area contributed by atoms with Crippen LogP contribution < -0.4 is 10.6 Å². The maximum Gasteiger partial charge on any atom is 0.208 e. The van der Waals surface area contributed by atoms with E-state index in [1.54, 1.807) is 34.4 Å². The van der Waals surface area contributed by atoms with Gasteiger partial charge in [0.15, 0.2) is 4.34 Å². The predicted molar refractivity (Wildman–Crippen MR) is 90.4 cm³/mol. The van der Waals surface area contributed by atoms with Crippen molar-refractivity contribution in [2.75, 3.05) is 19.0 Å². The molecule has 4 nitrogen and oxygen atoms in total. The van der Waals surface area contributed by atoms with Crippen molar-refractivity contribution in [1.29, 1.82) is 0 Å². The van der Waals surface area contributed by atoms with Crippen molar-refractivity contribution in [1.82, 2.24) is 10.2 Å². The van der Waals surface area contributed by atoms with Crippen LogP contribution >= 0.6 is 46.0 Å². The van der Waals surface area contributed by atoms with Gasteiger partial charge in [-0.25, -0.2) is 0 Å². The van der Waals surface area contributed by atoms with Crippen molar-refractivity contribution in [2.45, 2.75) is 29.0 Å². The van der Waals surface area contributed by atoms with Gasteiger partial charge in [0.1, 0.15) is 0 Å². The SMILES string of the molecule is CCC(N)C(Sc1nnc(N(C)C)s1)c1ccc(Cl)s1. The van der Waals surface area contributed by atoms with Gasteiger partial charge in [0.05, 0.1) is 9.59 Å². The Morgan fingerprint density at radius 1 is 1.35 bits per heavy atom. The largest absolute Gasteiger partial charge is 0.353 e. The zero-order valence-electron chi connectivity index (χ0n) is 11.5. The number of hydrogen-bond donors (Lipinski definition) is 1. The van der Waals surface area contributed by atoms with E-state index in [1.807, 2.05) is 31.1 Å². The molecule has 20 heavy (non-hydrogen) atoms. The van der Waals surface area contributed by atoms with E-state index in [0.717, 1.165) is 20.2 Å². The van der Waals surface area contributed by atoms with Crippen molar-refractivity contribution in [3.63, 3.8) is 0 Å². The van der Waals surface area contributed by atoms with Gasteiger partial charge in [0.2, 0.25) is 5.13 Å². The Balaban J connectivity index is 2.19. The summed E-state index contributed by atoms with van der Waals surface area (Å²) in [6.07, 6.45) is 0.909. The molecule has 2 aromatic heterocycles. The number of nitrogens with zero attached hydrogens (tertiary/aromatic N) is 3. The lowest BCUT2D eigenvalue weighted by Gasteiger charge is -2.19. The number of nitrogens with two attached hydrogens (primary N) is 1.